The first kappa shape index (κ1) is 10.8. The third kappa shape index (κ3) is 2.59. The maximum Gasteiger partial charge on any atom is 0.407 e. The summed E-state index contributed by atoms with van der Waals surface area (Å²) in [4.78, 5) is 21.8. The Morgan fingerprint density at radius 1 is 1.57 bits per heavy atom. The molecule has 0 aromatic heterocycles. The zero-order chi connectivity index (χ0) is 10.6. The molecule has 1 heterocycles. The van der Waals surface area contributed by atoms with Crippen molar-refractivity contribution < 1.29 is 19.1 Å². The van der Waals surface area contributed by atoms with Crippen molar-refractivity contribution in [3.8, 4) is 0 Å². The highest BCUT2D eigenvalue weighted by Crippen LogP contribution is 2.20. The molecule has 0 radical (unpaired) electrons. The largest absolute Gasteiger partial charge is 0.450 e. The predicted molar refractivity (Wildman–Crippen MR) is 47.5 cm³/mol. The average Bonchev–Trinajstić information content (AvgIpc) is 1.99. The minimum Gasteiger partial charge on any atom is -0.450 e. The number of carbonyl (C=O) groups excluding carboxylic acids is 2. The van der Waals surface area contributed by atoms with Crippen LogP contribution in [0.3, 0.4) is 0 Å². The Balaban J connectivity index is 2.45. The molecule has 6 nitrogen and oxygen atoms in total. The van der Waals surface area contributed by atoms with Crippen molar-refractivity contribution in [2.24, 2.45) is 5.73 Å². The van der Waals surface area contributed by atoms with Gasteiger partial charge in [-0.3, -0.25) is 4.79 Å². The second-order valence-electron chi connectivity index (χ2n) is 3.26. The van der Waals surface area contributed by atoms with Crippen LogP contribution in [0.15, 0.2) is 0 Å². The van der Waals surface area contributed by atoms with Gasteiger partial charge in [-0.05, 0) is 6.92 Å². The predicted octanol–water partition coefficient (Wildman–Crippen LogP) is -0.623. The van der Waals surface area contributed by atoms with Crippen LogP contribution < -0.4 is 11.1 Å². The highest BCUT2D eigenvalue weighted by molar-refractivity contribution is 5.77. The van der Waals surface area contributed by atoms with Crippen LogP contribution in [0.5, 0.6) is 0 Å². The van der Waals surface area contributed by atoms with Crippen molar-refractivity contribution in [1.82, 2.24) is 5.32 Å². The SMILES string of the molecule is CCOC(=O)NC1(CC(N)=O)COC1. The van der Waals surface area contributed by atoms with Gasteiger partial charge in [0.2, 0.25) is 5.91 Å². The first-order valence-corrected chi connectivity index (χ1v) is 4.39. The molecule has 0 spiro atoms. The molecule has 0 aromatic rings. The van der Waals surface area contributed by atoms with E-state index in [0.29, 0.717) is 19.8 Å². The molecule has 0 atom stereocenters. The number of hydrogen-bond acceptors (Lipinski definition) is 4. The average molecular weight is 202 g/mol. The molecule has 0 unspecified atom stereocenters. The summed E-state index contributed by atoms with van der Waals surface area (Å²) in [5.74, 6) is -0.468. The summed E-state index contributed by atoms with van der Waals surface area (Å²) in [6.45, 7) is 2.60. The summed E-state index contributed by atoms with van der Waals surface area (Å²) in [5.41, 5.74) is 4.40. The van der Waals surface area contributed by atoms with Crippen LogP contribution in [0.25, 0.3) is 0 Å². The molecular weight excluding hydrogens is 188 g/mol. The standard InChI is InChI=1S/C8H14N2O4/c1-2-14-7(12)10-8(3-6(9)11)4-13-5-8/h2-5H2,1H3,(H2,9,11)(H,10,12). The lowest BCUT2D eigenvalue weighted by molar-refractivity contribution is -0.127. The van der Waals surface area contributed by atoms with Crippen LogP contribution in [0.1, 0.15) is 13.3 Å². The van der Waals surface area contributed by atoms with Crippen LogP contribution >= 0.6 is 0 Å². The first-order chi connectivity index (χ1) is 6.58. The molecule has 0 aromatic carbocycles. The number of alkyl carbamates (subject to hydrolysis) is 1. The third-order valence-electron chi connectivity index (χ3n) is 1.91. The summed E-state index contributed by atoms with van der Waals surface area (Å²) in [7, 11) is 0. The number of rotatable bonds is 4. The van der Waals surface area contributed by atoms with Crippen LogP contribution in [-0.2, 0) is 14.3 Å². The molecule has 1 aliphatic rings. The van der Waals surface area contributed by atoms with Gasteiger partial charge in [0.05, 0.1) is 31.8 Å². The van der Waals surface area contributed by atoms with Crippen LogP contribution in [0, 0.1) is 0 Å². The van der Waals surface area contributed by atoms with E-state index in [1.807, 2.05) is 0 Å². The second kappa shape index (κ2) is 4.28. The van der Waals surface area contributed by atoms with Crippen LogP contribution in [0.2, 0.25) is 0 Å². The van der Waals surface area contributed by atoms with Gasteiger partial charge in [-0.2, -0.15) is 0 Å². The summed E-state index contributed by atoms with van der Waals surface area (Å²) in [6, 6.07) is 0. The molecule has 14 heavy (non-hydrogen) atoms. The number of carbonyl (C=O) groups is 2. The number of ether oxygens (including phenoxy) is 2. The molecule has 1 aliphatic heterocycles. The van der Waals surface area contributed by atoms with Gasteiger partial charge in [0.25, 0.3) is 0 Å². The molecule has 1 fully saturated rings. The van der Waals surface area contributed by atoms with Crippen molar-refractivity contribution in [3.05, 3.63) is 0 Å². The smallest absolute Gasteiger partial charge is 0.407 e. The Labute approximate surface area is 81.7 Å². The van der Waals surface area contributed by atoms with Gasteiger partial charge in [-0.1, -0.05) is 0 Å². The number of nitrogens with two attached hydrogens (primary N) is 1. The Kier molecular flexibility index (Phi) is 3.29. The highest BCUT2D eigenvalue weighted by Gasteiger charge is 2.41. The molecule has 0 bridgehead atoms. The summed E-state index contributed by atoms with van der Waals surface area (Å²) < 4.78 is 9.64. The van der Waals surface area contributed by atoms with E-state index in [4.69, 9.17) is 15.2 Å². The minimum atomic E-state index is -0.655. The van der Waals surface area contributed by atoms with E-state index >= 15 is 0 Å². The molecule has 2 amide bonds. The number of hydrogen-bond donors (Lipinski definition) is 2. The molecular formula is C8H14N2O4. The lowest BCUT2D eigenvalue weighted by atomic mass is 9.93. The fourth-order valence-electron chi connectivity index (χ4n) is 1.28. The fourth-order valence-corrected chi connectivity index (χ4v) is 1.28. The van der Waals surface area contributed by atoms with Gasteiger partial charge in [0, 0.05) is 0 Å². The number of nitrogens with one attached hydrogen (secondary N) is 1. The number of primary amides is 1. The molecule has 6 heteroatoms. The summed E-state index contributed by atoms with van der Waals surface area (Å²) in [6.07, 6.45) is -0.469. The number of amides is 2. The van der Waals surface area contributed by atoms with E-state index in [9.17, 15) is 9.59 Å². The normalized spacial score (nSPS) is 18.1. The minimum absolute atomic E-state index is 0.0752. The highest BCUT2D eigenvalue weighted by atomic mass is 16.6. The topological polar surface area (TPSA) is 90.6 Å². The fraction of sp³-hybridized carbons (Fsp3) is 0.750. The van der Waals surface area contributed by atoms with Gasteiger partial charge in [0.15, 0.2) is 0 Å². The van der Waals surface area contributed by atoms with E-state index in [1.54, 1.807) is 6.92 Å². The van der Waals surface area contributed by atoms with Crippen molar-refractivity contribution in [1.29, 1.82) is 0 Å². The van der Waals surface area contributed by atoms with E-state index in [-0.39, 0.29) is 6.42 Å². The monoisotopic (exact) mass is 202 g/mol. The van der Waals surface area contributed by atoms with Gasteiger partial charge >= 0.3 is 6.09 Å². The Morgan fingerprint density at radius 2 is 2.21 bits per heavy atom. The van der Waals surface area contributed by atoms with Gasteiger partial charge in [-0.25, -0.2) is 4.79 Å². The summed E-state index contributed by atoms with van der Waals surface area (Å²) >= 11 is 0. The quantitative estimate of drug-likeness (QED) is 0.635. The van der Waals surface area contributed by atoms with Crippen LogP contribution in [0.4, 0.5) is 4.79 Å². The maximum atomic E-state index is 11.1. The van der Waals surface area contributed by atoms with E-state index < -0.39 is 17.5 Å². The van der Waals surface area contributed by atoms with E-state index in [2.05, 4.69) is 5.32 Å². The summed E-state index contributed by atoms with van der Waals surface area (Å²) in [5, 5.41) is 2.58. The Morgan fingerprint density at radius 3 is 2.57 bits per heavy atom. The Hall–Kier alpha value is -1.30. The molecule has 1 rings (SSSR count). The molecule has 80 valence electrons. The third-order valence-corrected chi connectivity index (χ3v) is 1.91. The van der Waals surface area contributed by atoms with E-state index in [1.165, 1.54) is 0 Å². The molecule has 3 N–H and O–H groups in total. The molecule has 0 saturated carbocycles. The second-order valence-corrected chi connectivity index (χ2v) is 3.26. The van der Waals surface area contributed by atoms with E-state index in [0.717, 1.165) is 0 Å². The maximum absolute atomic E-state index is 11.1. The van der Waals surface area contributed by atoms with Gasteiger partial charge < -0.3 is 20.5 Å². The Bertz CT molecular complexity index is 237. The van der Waals surface area contributed by atoms with Crippen molar-refractivity contribution in [2.45, 2.75) is 18.9 Å². The van der Waals surface area contributed by atoms with Gasteiger partial charge in [-0.15, -0.1) is 0 Å². The van der Waals surface area contributed by atoms with Crippen molar-refractivity contribution in [3.63, 3.8) is 0 Å². The van der Waals surface area contributed by atoms with Crippen molar-refractivity contribution >= 4 is 12.0 Å². The zero-order valence-corrected chi connectivity index (χ0v) is 8.04. The molecule has 0 aliphatic carbocycles. The zero-order valence-electron chi connectivity index (χ0n) is 8.04. The first-order valence-electron chi connectivity index (χ1n) is 4.39. The molecule has 1 saturated heterocycles. The van der Waals surface area contributed by atoms with Gasteiger partial charge in [0.1, 0.15) is 0 Å². The van der Waals surface area contributed by atoms with Crippen LogP contribution in [-0.4, -0.2) is 37.4 Å². The lowest BCUT2D eigenvalue weighted by Gasteiger charge is -2.40. The lowest BCUT2D eigenvalue weighted by Crippen LogP contribution is -2.63. The van der Waals surface area contributed by atoms with Crippen molar-refractivity contribution in [2.75, 3.05) is 19.8 Å².